The fourth-order valence-electron chi connectivity index (χ4n) is 2.27. The molecule has 2 aromatic carbocycles. The number of hydrogen-bond acceptors (Lipinski definition) is 2. The highest BCUT2D eigenvalue weighted by Crippen LogP contribution is 2.22. The molecule has 0 unspecified atom stereocenters. The number of anilines is 1. The summed E-state index contributed by atoms with van der Waals surface area (Å²) < 4.78 is 7.15. The largest absolute Gasteiger partial charge is 0.444 e. The third-order valence-electron chi connectivity index (χ3n) is 3.39. The topological polar surface area (TPSA) is 43.3 Å². The number of nitrogens with one attached hydrogen (secondary N) is 1. The number of hydrogen-bond donors (Lipinski definition) is 1. The van der Waals surface area contributed by atoms with Crippen LogP contribution in [-0.4, -0.2) is 10.7 Å². The first-order valence-corrected chi connectivity index (χ1v) is 6.76. The highest BCUT2D eigenvalue weighted by atomic mass is 16.5. The Morgan fingerprint density at radius 1 is 1.10 bits per heavy atom. The van der Waals surface area contributed by atoms with Crippen LogP contribution < -0.4 is 5.32 Å². The average molecular weight is 280 g/mol. The Labute approximate surface area is 123 Å². The van der Waals surface area contributed by atoms with Crippen LogP contribution in [0.25, 0.3) is 10.9 Å². The summed E-state index contributed by atoms with van der Waals surface area (Å²) in [4.78, 5) is 11.9. The summed E-state index contributed by atoms with van der Waals surface area (Å²) in [6, 6.07) is 19.5. The highest BCUT2D eigenvalue weighted by molar-refractivity contribution is 5.91. The third kappa shape index (κ3) is 2.89. The molecule has 0 spiro atoms. The van der Waals surface area contributed by atoms with Gasteiger partial charge in [-0.15, -0.1) is 0 Å². The molecule has 0 aliphatic heterocycles. The molecule has 1 heterocycles. The molecule has 0 bridgehead atoms. The van der Waals surface area contributed by atoms with Crippen molar-refractivity contribution < 1.29 is 9.53 Å². The minimum atomic E-state index is -0.454. The summed E-state index contributed by atoms with van der Waals surface area (Å²) in [6.07, 6.45) is -0.454. The molecule has 3 rings (SSSR count). The normalized spacial score (nSPS) is 10.5. The third-order valence-corrected chi connectivity index (χ3v) is 3.39. The van der Waals surface area contributed by atoms with Crippen LogP contribution in [0.2, 0.25) is 0 Å². The number of benzene rings is 2. The molecule has 106 valence electrons. The van der Waals surface area contributed by atoms with Crippen LogP contribution in [0.3, 0.4) is 0 Å². The molecule has 1 amide bonds. The van der Waals surface area contributed by atoms with E-state index in [4.69, 9.17) is 4.74 Å². The van der Waals surface area contributed by atoms with E-state index in [1.807, 2.05) is 72.3 Å². The standard InChI is InChI=1S/C17H16N2O2/c1-19-15-10-6-5-9-14(15)11-16(19)18-17(20)21-12-13-7-3-2-4-8-13/h2-11H,12H2,1H3,(H,18,20). The fraction of sp³-hybridized carbons (Fsp3) is 0.118. The number of para-hydroxylation sites is 1. The lowest BCUT2D eigenvalue weighted by Gasteiger charge is -2.08. The van der Waals surface area contributed by atoms with Gasteiger partial charge in [0.05, 0.1) is 0 Å². The van der Waals surface area contributed by atoms with Gasteiger partial charge in [-0.1, -0.05) is 48.5 Å². The van der Waals surface area contributed by atoms with E-state index >= 15 is 0 Å². The van der Waals surface area contributed by atoms with Crippen molar-refractivity contribution in [2.24, 2.45) is 7.05 Å². The molecule has 21 heavy (non-hydrogen) atoms. The minimum absolute atomic E-state index is 0.261. The minimum Gasteiger partial charge on any atom is -0.444 e. The number of nitrogens with zero attached hydrogens (tertiary/aromatic N) is 1. The van der Waals surface area contributed by atoms with E-state index in [2.05, 4.69) is 5.32 Å². The SMILES string of the molecule is Cn1c(NC(=O)OCc2ccccc2)cc2ccccc21. The maximum Gasteiger partial charge on any atom is 0.413 e. The molecule has 0 fully saturated rings. The zero-order valence-corrected chi connectivity index (χ0v) is 11.7. The Morgan fingerprint density at radius 3 is 2.57 bits per heavy atom. The fourth-order valence-corrected chi connectivity index (χ4v) is 2.27. The van der Waals surface area contributed by atoms with Crippen molar-refractivity contribution in [3.63, 3.8) is 0 Å². The van der Waals surface area contributed by atoms with Gasteiger partial charge in [-0.2, -0.15) is 0 Å². The van der Waals surface area contributed by atoms with Crippen LogP contribution in [0.15, 0.2) is 60.7 Å². The van der Waals surface area contributed by atoms with Crippen LogP contribution in [0.5, 0.6) is 0 Å². The van der Waals surface area contributed by atoms with Crippen molar-refractivity contribution in [1.82, 2.24) is 4.57 Å². The molecule has 0 radical (unpaired) electrons. The number of carbonyl (C=O) groups is 1. The van der Waals surface area contributed by atoms with E-state index in [-0.39, 0.29) is 6.61 Å². The monoisotopic (exact) mass is 280 g/mol. The summed E-state index contributed by atoms with van der Waals surface area (Å²) >= 11 is 0. The van der Waals surface area contributed by atoms with Crippen molar-refractivity contribution in [3.8, 4) is 0 Å². The maximum atomic E-state index is 11.9. The van der Waals surface area contributed by atoms with Gasteiger partial charge in [0.2, 0.25) is 0 Å². The Morgan fingerprint density at radius 2 is 1.81 bits per heavy atom. The summed E-state index contributed by atoms with van der Waals surface area (Å²) in [7, 11) is 1.91. The van der Waals surface area contributed by atoms with Crippen molar-refractivity contribution in [1.29, 1.82) is 0 Å². The van der Waals surface area contributed by atoms with Crippen LogP contribution in [-0.2, 0) is 18.4 Å². The second-order valence-electron chi connectivity index (χ2n) is 4.83. The molecule has 0 aliphatic carbocycles. The van der Waals surface area contributed by atoms with E-state index < -0.39 is 6.09 Å². The summed E-state index contributed by atoms with van der Waals surface area (Å²) in [5.74, 6) is 0.717. The Hall–Kier alpha value is -2.75. The quantitative estimate of drug-likeness (QED) is 0.790. The maximum absolute atomic E-state index is 11.9. The Balaban J connectivity index is 1.67. The van der Waals surface area contributed by atoms with Gasteiger partial charge in [0, 0.05) is 18.0 Å². The number of fused-ring (bicyclic) bond motifs is 1. The molecular formula is C17H16N2O2. The highest BCUT2D eigenvalue weighted by Gasteiger charge is 2.09. The second kappa shape index (κ2) is 5.71. The van der Waals surface area contributed by atoms with Gasteiger partial charge in [-0.3, -0.25) is 5.32 Å². The number of aryl methyl sites for hydroxylation is 1. The van der Waals surface area contributed by atoms with Crippen molar-refractivity contribution in [3.05, 3.63) is 66.2 Å². The Bertz CT molecular complexity index is 763. The predicted octanol–water partition coefficient (Wildman–Crippen LogP) is 3.93. The smallest absolute Gasteiger partial charge is 0.413 e. The van der Waals surface area contributed by atoms with Crippen LogP contribution in [0, 0.1) is 0 Å². The first kappa shape index (κ1) is 13.2. The van der Waals surface area contributed by atoms with Gasteiger partial charge >= 0.3 is 6.09 Å². The number of carbonyl (C=O) groups excluding carboxylic acids is 1. The van der Waals surface area contributed by atoms with Crippen LogP contribution in [0.1, 0.15) is 5.56 Å². The molecule has 1 aromatic heterocycles. The summed E-state index contributed by atoms with van der Waals surface area (Å²) in [5.41, 5.74) is 2.03. The Kier molecular flexibility index (Phi) is 3.60. The molecule has 4 heteroatoms. The van der Waals surface area contributed by atoms with E-state index in [0.29, 0.717) is 5.82 Å². The lowest BCUT2D eigenvalue weighted by atomic mass is 10.2. The summed E-state index contributed by atoms with van der Waals surface area (Å²) in [6.45, 7) is 0.261. The molecule has 1 N–H and O–H groups in total. The lowest BCUT2D eigenvalue weighted by molar-refractivity contribution is 0.155. The summed E-state index contributed by atoms with van der Waals surface area (Å²) in [5, 5.41) is 3.85. The van der Waals surface area contributed by atoms with Gasteiger partial charge in [0.25, 0.3) is 0 Å². The molecule has 3 aromatic rings. The van der Waals surface area contributed by atoms with Gasteiger partial charge in [-0.25, -0.2) is 4.79 Å². The van der Waals surface area contributed by atoms with Gasteiger partial charge in [0.15, 0.2) is 0 Å². The van der Waals surface area contributed by atoms with Gasteiger partial charge in [0.1, 0.15) is 12.4 Å². The van der Waals surface area contributed by atoms with Crippen molar-refractivity contribution >= 4 is 22.8 Å². The van der Waals surface area contributed by atoms with E-state index in [9.17, 15) is 4.79 Å². The first-order chi connectivity index (χ1) is 10.2. The molecule has 0 saturated carbocycles. The second-order valence-corrected chi connectivity index (χ2v) is 4.83. The number of ether oxygens (including phenoxy) is 1. The molecule has 0 aliphatic rings. The zero-order chi connectivity index (χ0) is 14.7. The zero-order valence-electron chi connectivity index (χ0n) is 11.7. The molecule has 4 nitrogen and oxygen atoms in total. The van der Waals surface area contributed by atoms with Crippen molar-refractivity contribution in [2.45, 2.75) is 6.61 Å². The predicted molar refractivity (Wildman–Crippen MR) is 83.2 cm³/mol. The van der Waals surface area contributed by atoms with Gasteiger partial charge in [-0.05, 0) is 17.7 Å². The molecule has 0 atom stereocenters. The average Bonchev–Trinajstić information content (AvgIpc) is 2.83. The van der Waals surface area contributed by atoms with Crippen molar-refractivity contribution in [2.75, 3.05) is 5.32 Å². The van der Waals surface area contributed by atoms with E-state index in [0.717, 1.165) is 16.5 Å². The lowest BCUT2D eigenvalue weighted by Crippen LogP contribution is -2.15. The van der Waals surface area contributed by atoms with Crippen LogP contribution in [0.4, 0.5) is 10.6 Å². The molecule has 0 saturated heterocycles. The molecular weight excluding hydrogens is 264 g/mol. The number of amides is 1. The number of rotatable bonds is 3. The van der Waals surface area contributed by atoms with Gasteiger partial charge < -0.3 is 9.30 Å². The van der Waals surface area contributed by atoms with E-state index in [1.54, 1.807) is 0 Å². The van der Waals surface area contributed by atoms with Crippen LogP contribution >= 0.6 is 0 Å². The first-order valence-electron chi connectivity index (χ1n) is 6.76. The number of aromatic nitrogens is 1. The van der Waals surface area contributed by atoms with E-state index in [1.165, 1.54) is 0 Å².